The molecule has 3 aromatic heterocycles. The average Bonchev–Trinajstić information content (AvgIpc) is 3.70. The van der Waals surface area contributed by atoms with Gasteiger partial charge in [0.05, 0.1) is 11.2 Å². The lowest BCUT2D eigenvalue weighted by atomic mass is 10.1. The van der Waals surface area contributed by atoms with E-state index in [2.05, 4.69) is 30.7 Å². The van der Waals surface area contributed by atoms with Crippen LogP contribution in [0.4, 0.5) is 11.6 Å². The Kier molecular flexibility index (Phi) is 7.71. The third-order valence-corrected chi connectivity index (χ3v) is 10.6. The van der Waals surface area contributed by atoms with Crippen LogP contribution in [0.25, 0.3) is 11.0 Å². The molecular weight excluding hydrogens is 610 g/mol. The number of pyridine rings is 1. The van der Waals surface area contributed by atoms with Gasteiger partial charge in [-0.1, -0.05) is 0 Å². The number of aromatic nitrogens is 6. The van der Waals surface area contributed by atoms with Gasteiger partial charge in [-0.2, -0.15) is 13.4 Å². The van der Waals surface area contributed by atoms with Crippen molar-refractivity contribution in [1.82, 2.24) is 33.0 Å². The van der Waals surface area contributed by atoms with Crippen molar-refractivity contribution in [2.75, 3.05) is 30.0 Å². The van der Waals surface area contributed by atoms with E-state index < -0.39 is 31.5 Å². The number of benzene rings is 1. The van der Waals surface area contributed by atoms with E-state index in [0.29, 0.717) is 48.4 Å². The maximum Gasteiger partial charge on any atom is 0.284 e. The number of hydrogen-bond donors (Lipinski definition) is 2. The molecule has 1 aliphatic heterocycles. The van der Waals surface area contributed by atoms with E-state index in [4.69, 9.17) is 0 Å². The summed E-state index contributed by atoms with van der Waals surface area (Å²) < 4.78 is 53.3. The van der Waals surface area contributed by atoms with Crippen molar-refractivity contribution >= 4 is 48.6 Å². The van der Waals surface area contributed by atoms with E-state index in [0.717, 1.165) is 16.9 Å². The third-order valence-electron chi connectivity index (χ3n) is 7.73. The highest BCUT2D eigenvalue weighted by molar-refractivity contribution is 7.89. The molecule has 2 aliphatic rings. The van der Waals surface area contributed by atoms with Gasteiger partial charge in [0, 0.05) is 48.4 Å². The van der Waals surface area contributed by atoms with Crippen LogP contribution in [0, 0.1) is 6.92 Å². The minimum Gasteiger partial charge on any atom is -0.351 e. The minimum atomic E-state index is -3.96. The van der Waals surface area contributed by atoms with Crippen molar-refractivity contribution in [1.29, 1.82) is 0 Å². The lowest BCUT2D eigenvalue weighted by Gasteiger charge is -2.30. The van der Waals surface area contributed by atoms with Crippen LogP contribution in [0.15, 0.2) is 52.5 Å². The van der Waals surface area contributed by atoms with Gasteiger partial charge in [0.2, 0.25) is 21.9 Å². The second-order valence-corrected chi connectivity index (χ2v) is 14.9. The fourth-order valence-electron chi connectivity index (χ4n) is 5.09. The second kappa shape index (κ2) is 11.4. The molecule has 0 atom stereocenters. The number of rotatable bonds is 9. The summed E-state index contributed by atoms with van der Waals surface area (Å²) in [5.41, 5.74) is 0.713. The van der Waals surface area contributed by atoms with E-state index in [1.165, 1.54) is 45.7 Å². The van der Waals surface area contributed by atoms with Gasteiger partial charge in [0.25, 0.3) is 15.6 Å². The van der Waals surface area contributed by atoms with Crippen LogP contribution in [0.5, 0.6) is 0 Å². The van der Waals surface area contributed by atoms with Crippen molar-refractivity contribution in [2.45, 2.75) is 56.0 Å². The van der Waals surface area contributed by atoms with Crippen molar-refractivity contribution in [3.05, 3.63) is 64.6 Å². The summed E-state index contributed by atoms with van der Waals surface area (Å²) in [5.74, 6) is 0.478. The van der Waals surface area contributed by atoms with Crippen LogP contribution in [-0.4, -0.2) is 81.1 Å². The third kappa shape index (κ3) is 6.20. The molecule has 0 bridgehead atoms. The summed E-state index contributed by atoms with van der Waals surface area (Å²) in [5, 5.41) is 10.6. The molecule has 0 radical (unpaired) electrons. The van der Waals surface area contributed by atoms with E-state index in [1.807, 2.05) is 0 Å². The molecule has 0 spiro atoms. The standard InChI is InChI=1S/C27H31N9O6S2/c1-17-13-21(44(41,42)36-16-29-25(33-36)18-3-4-18)6-7-22(17)31-23(37)15-35-24(38)8-5-19-14-28-27(32-26(19)35)30-20-9-11-34(12-10-20)43(2,39)40/h5-8,13-14,16,18,20H,3-4,9-12,15H2,1-2H3,(H,31,37)(H,28,30,32). The first-order valence-corrected chi connectivity index (χ1v) is 17.3. The molecule has 15 nitrogen and oxygen atoms in total. The highest BCUT2D eigenvalue weighted by atomic mass is 32.2. The number of carbonyl (C=O) groups is 1. The van der Waals surface area contributed by atoms with Crippen LogP contribution >= 0.6 is 0 Å². The first kappa shape index (κ1) is 29.8. The number of piperidine rings is 1. The predicted octanol–water partition coefficient (Wildman–Crippen LogP) is 1.28. The summed E-state index contributed by atoms with van der Waals surface area (Å²) in [7, 11) is -7.21. The van der Waals surface area contributed by atoms with E-state index in [9.17, 15) is 26.4 Å². The van der Waals surface area contributed by atoms with Gasteiger partial charge >= 0.3 is 0 Å². The number of amides is 1. The van der Waals surface area contributed by atoms with Gasteiger partial charge in [0.1, 0.15) is 18.5 Å². The fraction of sp³-hybridized carbons (Fsp3) is 0.407. The van der Waals surface area contributed by atoms with Gasteiger partial charge in [0.15, 0.2) is 5.82 Å². The largest absolute Gasteiger partial charge is 0.351 e. The fourth-order valence-corrected chi connectivity index (χ4v) is 7.11. The zero-order chi connectivity index (χ0) is 31.2. The zero-order valence-corrected chi connectivity index (χ0v) is 25.7. The highest BCUT2D eigenvalue weighted by Crippen LogP contribution is 2.38. The molecule has 1 amide bonds. The Balaban J connectivity index is 1.16. The van der Waals surface area contributed by atoms with Crippen LogP contribution in [-0.2, 0) is 31.4 Å². The van der Waals surface area contributed by atoms with Crippen LogP contribution in [0.3, 0.4) is 0 Å². The Morgan fingerprint density at radius 3 is 2.45 bits per heavy atom. The van der Waals surface area contributed by atoms with Gasteiger partial charge < -0.3 is 10.6 Å². The van der Waals surface area contributed by atoms with Crippen molar-refractivity contribution in [3.63, 3.8) is 0 Å². The summed E-state index contributed by atoms with van der Waals surface area (Å²) in [6.07, 6.45) is 6.96. The molecule has 4 heterocycles. The molecule has 1 aliphatic carbocycles. The van der Waals surface area contributed by atoms with Crippen LogP contribution in [0.2, 0.25) is 0 Å². The molecule has 17 heteroatoms. The number of aryl methyl sites for hydroxylation is 1. The Hall–Kier alpha value is -4.22. The highest BCUT2D eigenvalue weighted by Gasteiger charge is 2.30. The molecule has 44 heavy (non-hydrogen) atoms. The molecule has 6 rings (SSSR count). The predicted molar refractivity (Wildman–Crippen MR) is 161 cm³/mol. The minimum absolute atomic E-state index is 0.00393. The zero-order valence-electron chi connectivity index (χ0n) is 24.0. The number of hydrogen-bond acceptors (Lipinski definition) is 11. The first-order chi connectivity index (χ1) is 20.9. The van der Waals surface area contributed by atoms with Gasteiger partial charge in [-0.25, -0.2) is 22.7 Å². The average molecular weight is 642 g/mol. The Bertz CT molecular complexity index is 2030. The van der Waals surface area contributed by atoms with Crippen molar-refractivity contribution in [3.8, 4) is 0 Å². The SMILES string of the molecule is Cc1cc(S(=O)(=O)n2cnc(C3CC3)n2)ccc1NC(=O)Cn1c(=O)ccc2cnc(NC3CCN(S(C)(=O)=O)CC3)nc21. The molecule has 2 fully saturated rings. The number of nitrogens with one attached hydrogen (secondary N) is 2. The molecule has 4 aromatic rings. The molecule has 2 N–H and O–H groups in total. The molecule has 1 aromatic carbocycles. The van der Waals surface area contributed by atoms with Crippen LogP contribution < -0.4 is 16.2 Å². The summed E-state index contributed by atoms with van der Waals surface area (Å²) in [6.45, 7) is 2.08. The van der Waals surface area contributed by atoms with Gasteiger partial charge in [-0.15, -0.1) is 9.19 Å². The maximum absolute atomic E-state index is 13.1. The first-order valence-electron chi connectivity index (χ1n) is 14.0. The van der Waals surface area contributed by atoms with Gasteiger partial charge in [-0.3, -0.25) is 14.2 Å². The number of fused-ring (bicyclic) bond motifs is 1. The molecule has 1 saturated heterocycles. The maximum atomic E-state index is 13.1. The summed E-state index contributed by atoms with van der Waals surface area (Å²) in [4.78, 5) is 38.9. The molecular formula is C27H31N9O6S2. The second-order valence-electron chi connectivity index (χ2n) is 11.1. The summed E-state index contributed by atoms with van der Waals surface area (Å²) >= 11 is 0. The van der Waals surface area contributed by atoms with E-state index >= 15 is 0 Å². The van der Waals surface area contributed by atoms with E-state index in [-0.39, 0.29) is 35.0 Å². The van der Waals surface area contributed by atoms with Gasteiger partial charge in [-0.05, 0) is 62.4 Å². The molecule has 0 unspecified atom stereocenters. The molecule has 232 valence electrons. The van der Waals surface area contributed by atoms with E-state index in [1.54, 1.807) is 19.2 Å². The number of nitrogens with zero attached hydrogens (tertiary/aromatic N) is 7. The van der Waals surface area contributed by atoms with Crippen LogP contribution in [0.1, 0.15) is 43.0 Å². The monoisotopic (exact) mass is 641 g/mol. The lowest BCUT2D eigenvalue weighted by molar-refractivity contribution is -0.116. The normalized spacial score (nSPS) is 16.7. The Morgan fingerprint density at radius 2 is 1.77 bits per heavy atom. The van der Waals surface area contributed by atoms with Crippen molar-refractivity contribution < 1.29 is 21.6 Å². The number of sulfonamides is 1. The summed E-state index contributed by atoms with van der Waals surface area (Å²) in [6, 6.07) is 7.16. The number of carbonyl (C=O) groups excluding carboxylic acids is 1. The number of anilines is 2. The lowest BCUT2D eigenvalue weighted by Crippen LogP contribution is -2.42. The molecule has 1 saturated carbocycles. The quantitative estimate of drug-likeness (QED) is 0.268. The van der Waals surface area contributed by atoms with Crippen molar-refractivity contribution in [2.24, 2.45) is 0 Å². The Morgan fingerprint density at radius 1 is 1.02 bits per heavy atom. The smallest absolute Gasteiger partial charge is 0.284 e. The topological polar surface area (TPSA) is 191 Å². The Labute approximate surface area is 253 Å².